The molecule has 0 unspecified atom stereocenters. The lowest BCUT2D eigenvalue weighted by molar-refractivity contribution is 0.0601. The zero-order valence-corrected chi connectivity index (χ0v) is 16.9. The van der Waals surface area contributed by atoms with Crippen molar-refractivity contribution in [2.24, 2.45) is 5.92 Å². The van der Waals surface area contributed by atoms with E-state index in [0.29, 0.717) is 22.0 Å². The lowest BCUT2D eigenvalue weighted by atomic mass is 9.88. The molecule has 0 bridgehead atoms. The normalized spacial score (nSPS) is 16.0. The summed E-state index contributed by atoms with van der Waals surface area (Å²) in [7, 11) is 1.39. The van der Waals surface area contributed by atoms with Crippen molar-refractivity contribution < 1.29 is 14.3 Å². The molecule has 0 radical (unpaired) electrons. The Hall–Kier alpha value is -1.79. The van der Waals surface area contributed by atoms with Gasteiger partial charge in [0.15, 0.2) is 0 Å². The van der Waals surface area contributed by atoms with Gasteiger partial charge in [-0.3, -0.25) is 4.79 Å². The van der Waals surface area contributed by atoms with Gasteiger partial charge >= 0.3 is 5.97 Å². The summed E-state index contributed by atoms with van der Waals surface area (Å²) in [5.41, 5.74) is 2.22. The molecule has 1 atom stereocenters. The fourth-order valence-electron chi connectivity index (χ4n) is 3.26. The average molecular weight is 390 g/mol. The Kier molecular flexibility index (Phi) is 6.04. The Balaban J connectivity index is 1.95. The molecule has 1 aromatic heterocycles. The molecule has 4 nitrogen and oxygen atoms in total. The van der Waals surface area contributed by atoms with E-state index < -0.39 is 0 Å². The number of methoxy groups -OCH3 is 1. The monoisotopic (exact) mass is 389 g/mol. The standard InChI is InChI=1S/C20H23NO3S2/c1-4-25-15-8-6-5-7-14(15)18(22)21-19-17(20(23)24-3)13-10-9-12(2)11-16(13)26-19/h5-8,12H,4,9-11H2,1-3H3,(H,21,22)/t12-/m1/s1. The van der Waals surface area contributed by atoms with E-state index in [9.17, 15) is 9.59 Å². The SMILES string of the molecule is CCSc1ccccc1C(=O)Nc1sc2c(c1C(=O)OC)CC[C@@H](C)C2. The predicted octanol–water partition coefficient (Wildman–Crippen LogP) is 5.02. The van der Waals surface area contributed by atoms with Crippen LogP contribution in [0.4, 0.5) is 5.00 Å². The fourth-order valence-corrected chi connectivity index (χ4v) is 5.46. The van der Waals surface area contributed by atoms with E-state index in [1.54, 1.807) is 11.8 Å². The minimum Gasteiger partial charge on any atom is -0.465 e. The van der Waals surface area contributed by atoms with Crippen LogP contribution in [0.3, 0.4) is 0 Å². The molecule has 138 valence electrons. The number of carbonyl (C=O) groups is 2. The number of esters is 1. The van der Waals surface area contributed by atoms with E-state index in [4.69, 9.17) is 4.74 Å². The van der Waals surface area contributed by atoms with Gasteiger partial charge in [0.1, 0.15) is 5.00 Å². The highest BCUT2D eigenvalue weighted by atomic mass is 32.2. The summed E-state index contributed by atoms with van der Waals surface area (Å²) in [6.45, 7) is 4.28. The number of anilines is 1. The van der Waals surface area contributed by atoms with Crippen LogP contribution in [0.1, 0.15) is 51.4 Å². The molecule has 2 aromatic rings. The van der Waals surface area contributed by atoms with Crippen LogP contribution in [0, 0.1) is 5.92 Å². The number of thioether (sulfide) groups is 1. The Morgan fingerprint density at radius 2 is 2.12 bits per heavy atom. The van der Waals surface area contributed by atoms with Gasteiger partial charge in [0.25, 0.3) is 5.91 Å². The number of nitrogens with one attached hydrogen (secondary N) is 1. The molecule has 1 N–H and O–H groups in total. The van der Waals surface area contributed by atoms with Gasteiger partial charge in [-0.15, -0.1) is 23.1 Å². The molecule has 1 aromatic carbocycles. The van der Waals surface area contributed by atoms with Gasteiger partial charge in [-0.1, -0.05) is 26.0 Å². The van der Waals surface area contributed by atoms with Crippen LogP contribution in [-0.2, 0) is 17.6 Å². The first-order chi connectivity index (χ1) is 12.5. The summed E-state index contributed by atoms with van der Waals surface area (Å²) in [5, 5.41) is 3.59. The number of amides is 1. The second kappa shape index (κ2) is 8.27. The lowest BCUT2D eigenvalue weighted by Crippen LogP contribution is -2.16. The van der Waals surface area contributed by atoms with E-state index in [1.165, 1.54) is 23.3 Å². The third-order valence-corrected chi connectivity index (χ3v) is 6.69. The molecule has 1 amide bonds. The van der Waals surface area contributed by atoms with E-state index >= 15 is 0 Å². The number of benzene rings is 1. The van der Waals surface area contributed by atoms with E-state index in [-0.39, 0.29) is 11.9 Å². The van der Waals surface area contributed by atoms with Crippen LogP contribution < -0.4 is 5.32 Å². The van der Waals surface area contributed by atoms with E-state index in [2.05, 4.69) is 19.2 Å². The predicted molar refractivity (Wildman–Crippen MR) is 108 cm³/mol. The van der Waals surface area contributed by atoms with E-state index in [0.717, 1.165) is 35.5 Å². The van der Waals surface area contributed by atoms with Crippen LogP contribution in [0.2, 0.25) is 0 Å². The Morgan fingerprint density at radius 1 is 1.35 bits per heavy atom. The van der Waals surface area contributed by atoms with Gasteiger partial charge in [-0.05, 0) is 48.6 Å². The highest BCUT2D eigenvalue weighted by molar-refractivity contribution is 7.99. The molecule has 6 heteroatoms. The summed E-state index contributed by atoms with van der Waals surface area (Å²) in [4.78, 5) is 27.4. The summed E-state index contributed by atoms with van der Waals surface area (Å²) in [6.07, 6.45) is 2.86. The van der Waals surface area contributed by atoms with Crippen molar-refractivity contribution in [2.45, 2.75) is 38.0 Å². The van der Waals surface area contributed by atoms with Gasteiger partial charge in [0, 0.05) is 9.77 Å². The number of fused-ring (bicyclic) bond motifs is 1. The molecule has 0 aliphatic heterocycles. The third kappa shape index (κ3) is 3.81. The second-order valence-electron chi connectivity index (χ2n) is 6.43. The quantitative estimate of drug-likeness (QED) is 0.576. The Labute approximate surface area is 162 Å². The summed E-state index contributed by atoms with van der Waals surface area (Å²) in [5.74, 6) is 0.932. The first kappa shape index (κ1) is 19.0. The lowest BCUT2D eigenvalue weighted by Gasteiger charge is -2.18. The minimum atomic E-state index is -0.372. The maximum absolute atomic E-state index is 12.9. The van der Waals surface area contributed by atoms with Crippen molar-refractivity contribution in [2.75, 3.05) is 18.2 Å². The summed E-state index contributed by atoms with van der Waals surface area (Å²) in [6, 6.07) is 7.56. The smallest absolute Gasteiger partial charge is 0.341 e. The molecule has 26 heavy (non-hydrogen) atoms. The number of hydrogen-bond donors (Lipinski definition) is 1. The maximum atomic E-state index is 12.9. The highest BCUT2D eigenvalue weighted by Crippen LogP contribution is 2.40. The molecule has 0 fully saturated rings. The van der Waals surface area contributed by atoms with Crippen LogP contribution in [0.5, 0.6) is 0 Å². The zero-order chi connectivity index (χ0) is 18.7. The number of ether oxygens (including phenoxy) is 1. The molecule has 0 saturated carbocycles. The number of carbonyl (C=O) groups excluding carboxylic acids is 2. The zero-order valence-electron chi connectivity index (χ0n) is 15.3. The first-order valence-electron chi connectivity index (χ1n) is 8.81. The molecule has 1 aliphatic carbocycles. The minimum absolute atomic E-state index is 0.182. The third-order valence-electron chi connectivity index (χ3n) is 4.56. The van der Waals surface area contributed by atoms with Gasteiger partial charge < -0.3 is 10.1 Å². The van der Waals surface area contributed by atoms with Crippen molar-refractivity contribution in [3.05, 3.63) is 45.8 Å². The molecular formula is C20H23NO3S2. The van der Waals surface area contributed by atoms with Gasteiger partial charge in [0.05, 0.1) is 18.2 Å². The molecular weight excluding hydrogens is 366 g/mol. The number of rotatable bonds is 5. The highest BCUT2D eigenvalue weighted by Gasteiger charge is 2.29. The summed E-state index contributed by atoms with van der Waals surface area (Å²) < 4.78 is 4.99. The fraction of sp³-hybridized carbons (Fsp3) is 0.400. The van der Waals surface area contributed by atoms with Crippen LogP contribution in [-0.4, -0.2) is 24.7 Å². The topological polar surface area (TPSA) is 55.4 Å². The molecule has 0 saturated heterocycles. The van der Waals surface area contributed by atoms with E-state index in [1.807, 2.05) is 24.3 Å². The summed E-state index contributed by atoms with van der Waals surface area (Å²) >= 11 is 3.15. The van der Waals surface area contributed by atoms with Crippen molar-refractivity contribution in [3.8, 4) is 0 Å². The molecule has 1 aliphatic rings. The second-order valence-corrected chi connectivity index (χ2v) is 8.84. The van der Waals surface area contributed by atoms with Crippen molar-refractivity contribution in [1.29, 1.82) is 0 Å². The van der Waals surface area contributed by atoms with Crippen molar-refractivity contribution in [1.82, 2.24) is 0 Å². The van der Waals surface area contributed by atoms with Gasteiger partial charge in [-0.25, -0.2) is 4.79 Å². The van der Waals surface area contributed by atoms with Gasteiger partial charge in [-0.2, -0.15) is 0 Å². The van der Waals surface area contributed by atoms with Crippen LogP contribution in [0.15, 0.2) is 29.2 Å². The molecule has 3 rings (SSSR count). The number of hydrogen-bond acceptors (Lipinski definition) is 5. The van der Waals surface area contributed by atoms with Crippen LogP contribution in [0.25, 0.3) is 0 Å². The largest absolute Gasteiger partial charge is 0.465 e. The van der Waals surface area contributed by atoms with Crippen molar-refractivity contribution >= 4 is 40.0 Å². The average Bonchev–Trinajstić information content (AvgIpc) is 2.98. The number of thiophene rings is 1. The van der Waals surface area contributed by atoms with Crippen LogP contribution >= 0.6 is 23.1 Å². The van der Waals surface area contributed by atoms with Crippen molar-refractivity contribution in [3.63, 3.8) is 0 Å². The van der Waals surface area contributed by atoms with Gasteiger partial charge in [0.2, 0.25) is 0 Å². The maximum Gasteiger partial charge on any atom is 0.341 e. The first-order valence-corrected chi connectivity index (χ1v) is 10.6. The Morgan fingerprint density at radius 3 is 2.85 bits per heavy atom. The molecule has 0 spiro atoms. The molecule has 1 heterocycles. The Bertz CT molecular complexity index is 828.